The van der Waals surface area contributed by atoms with E-state index < -0.39 is 10.1 Å². The molecule has 2 rings (SSSR count). The van der Waals surface area contributed by atoms with Gasteiger partial charge in [0.1, 0.15) is 0 Å². The quantitative estimate of drug-likeness (QED) is 0.333. The zero-order valence-electron chi connectivity index (χ0n) is 13.6. The predicted octanol–water partition coefficient (Wildman–Crippen LogP) is 2.45. The van der Waals surface area contributed by atoms with Crippen LogP contribution in [0.5, 0.6) is 0 Å². The van der Waals surface area contributed by atoms with Crippen LogP contribution in [0.2, 0.25) is 10.0 Å². The van der Waals surface area contributed by atoms with Crippen LogP contribution in [0.3, 0.4) is 0 Å². The maximum absolute atomic E-state index is 10.5. The normalized spacial score (nSPS) is 11.3. The number of benzene rings is 2. The first-order valence-electron chi connectivity index (χ1n) is 6.92. The van der Waals surface area contributed by atoms with Crippen molar-refractivity contribution in [3.63, 3.8) is 0 Å². The molecule has 8 nitrogen and oxygen atoms in total. The third-order valence-corrected chi connectivity index (χ3v) is 4.32. The van der Waals surface area contributed by atoms with Crippen LogP contribution in [0.1, 0.15) is 5.56 Å². The second kappa shape index (κ2) is 9.39. The van der Waals surface area contributed by atoms with E-state index in [9.17, 15) is 8.42 Å². The maximum atomic E-state index is 10.5. The van der Waals surface area contributed by atoms with E-state index in [4.69, 9.17) is 45.0 Å². The van der Waals surface area contributed by atoms with Gasteiger partial charge in [-0.1, -0.05) is 40.9 Å². The number of hydrogen-bond donors (Lipinski definition) is 4. The van der Waals surface area contributed by atoms with Crippen molar-refractivity contribution in [1.82, 2.24) is 0 Å². The monoisotopic (exact) mass is 417 g/mol. The highest BCUT2D eigenvalue weighted by molar-refractivity contribution is 7.85. The fraction of sp³-hybridized carbons (Fsp3) is 0.0667. The maximum Gasteiger partial charge on any atom is 0.294 e. The number of halogens is 2. The van der Waals surface area contributed by atoms with E-state index in [0.717, 1.165) is 5.56 Å². The van der Waals surface area contributed by atoms with Gasteiger partial charge >= 0.3 is 0 Å². The van der Waals surface area contributed by atoms with Gasteiger partial charge in [0.15, 0.2) is 5.96 Å². The van der Waals surface area contributed by atoms with Gasteiger partial charge in [0.25, 0.3) is 10.1 Å². The van der Waals surface area contributed by atoms with E-state index in [1.54, 1.807) is 30.3 Å². The summed E-state index contributed by atoms with van der Waals surface area (Å²) in [6.07, 6.45) is 0. The molecule has 2 aromatic rings. The Hall–Kier alpha value is -2.33. The lowest BCUT2D eigenvalue weighted by molar-refractivity contribution is 0.483. The van der Waals surface area contributed by atoms with Crippen LogP contribution >= 0.6 is 23.2 Å². The molecule has 2 aromatic carbocycles. The number of rotatable bonds is 2. The summed E-state index contributed by atoms with van der Waals surface area (Å²) in [5.74, 6) is -0.204. The van der Waals surface area contributed by atoms with Crippen molar-refractivity contribution in [3.05, 3.63) is 58.1 Å². The lowest BCUT2D eigenvalue weighted by atomic mass is 10.2. The molecule has 0 heterocycles. The molecule has 0 amide bonds. The lowest BCUT2D eigenvalue weighted by Gasteiger charge is -1.98. The molecule has 26 heavy (non-hydrogen) atoms. The van der Waals surface area contributed by atoms with Crippen molar-refractivity contribution in [2.45, 2.75) is 11.8 Å². The standard InChI is InChI=1S/C8H9Cl2N5.C7H8O3S/c9-5-2-1-4(3-6(5)10)14-8(13)15-7(11)12;1-6-2-4-7(5-3-6)11(8,9)10/h1-3H,(H6,11,12,13,14,15);2-5H,1H3,(H,8,9,10). The minimum Gasteiger partial charge on any atom is -0.370 e. The molecular weight excluding hydrogens is 401 g/mol. The second-order valence-electron chi connectivity index (χ2n) is 4.89. The molecule has 0 saturated heterocycles. The predicted molar refractivity (Wildman–Crippen MR) is 105 cm³/mol. The summed E-state index contributed by atoms with van der Waals surface area (Å²) in [6, 6.07) is 10.8. The molecule has 11 heteroatoms. The molecule has 0 radical (unpaired) electrons. The summed E-state index contributed by atoms with van der Waals surface area (Å²) < 4.78 is 29.6. The van der Waals surface area contributed by atoms with Crippen molar-refractivity contribution in [1.29, 1.82) is 0 Å². The van der Waals surface area contributed by atoms with Gasteiger partial charge in [-0.25, -0.2) is 4.99 Å². The first kappa shape index (κ1) is 21.7. The zero-order chi connectivity index (χ0) is 19.9. The van der Waals surface area contributed by atoms with E-state index in [1.807, 2.05) is 6.92 Å². The smallest absolute Gasteiger partial charge is 0.294 e. The first-order chi connectivity index (χ1) is 12.0. The molecule has 0 aliphatic rings. The van der Waals surface area contributed by atoms with Crippen molar-refractivity contribution in [2.24, 2.45) is 27.2 Å². The Bertz CT molecular complexity index is 925. The van der Waals surface area contributed by atoms with E-state index in [2.05, 4.69) is 9.98 Å². The molecule has 7 N–H and O–H groups in total. The van der Waals surface area contributed by atoms with Gasteiger partial charge < -0.3 is 17.2 Å². The van der Waals surface area contributed by atoms with Crippen LogP contribution in [0, 0.1) is 6.92 Å². The van der Waals surface area contributed by atoms with Crippen LogP contribution in [-0.2, 0) is 10.1 Å². The van der Waals surface area contributed by atoms with Crippen LogP contribution in [0.25, 0.3) is 0 Å². The molecule has 0 aliphatic carbocycles. The summed E-state index contributed by atoms with van der Waals surface area (Å²) in [6.45, 7) is 1.84. The summed E-state index contributed by atoms with van der Waals surface area (Å²) in [4.78, 5) is 7.39. The third kappa shape index (κ3) is 7.70. The summed E-state index contributed by atoms with van der Waals surface area (Å²) in [7, 11) is -4.02. The van der Waals surface area contributed by atoms with Crippen molar-refractivity contribution in [2.75, 3.05) is 0 Å². The molecule has 0 aromatic heterocycles. The minimum absolute atomic E-state index is 0.0478. The average Bonchev–Trinajstić information content (AvgIpc) is 2.50. The van der Waals surface area contributed by atoms with Gasteiger partial charge in [-0.3, -0.25) is 4.55 Å². The largest absolute Gasteiger partial charge is 0.370 e. The lowest BCUT2D eigenvalue weighted by Crippen LogP contribution is -2.26. The van der Waals surface area contributed by atoms with E-state index >= 15 is 0 Å². The van der Waals surface area contributed by atoms with Crippen LogP contribution in [0.15, 0.2) is 57.3 Å². The zero-order valence-corrected chi connectivity index (χ0v) is 15.9. The number of nitrogens with two attached hydrogens (primary N) is 3. The first-order valence-corrected chi connectivity index (χ1v) is 9.11. The molecule has 0 unspecified atom stereocenters. The van der Waals surface area contributed by atoms with Gasteiger partial charge in [-0.2, -0.15) is 13.4 Å². The summed E-state index contributed by atoms with van der Waals surface area (Å²) in [5, 5.41) is 0.825. The number of aryl methyl sites for hydroxylation is 1. The Kier molecular flexibility index (Phi) is 7.84. The fourth-order valence-corrected chi connectivity index (χ4v) is 2.33. The van der Waals surface area contributed by atoms with Crippen LogP contribution < -0.4 is 17.2 Å². The van der Waals surface area contributed by atoms with Gasteiger partial charge in [0.05, 0.1) is 20.6 Å². The number of guanidine groups is 2. The third-order valence-electron chi connectivity index (χ3n) is 2.71. The highest BCUT2D eigenvalue weighted by Crippen LogP contribution is 2.26. The Labute approximate surface area is 161 Å². The topological polar surface area (TPSA) is 157 Å². The molecular formula is C15H17Cl2N5O3S. The highest BCUT2D eigenvalue weighted by atomic mass is 35.5. The number of aliphatic imine (C=N–C) groups is 2. The van der Waals surface area contributed by atoms with E-state index in [-0.39, 0.29) is 16.8 Å². The number of hydrogen-bond acceptors (Lipinski definition) is 3. The Morgan fingerprint density at radius 2 is 1.58 bits per heavy atom. The van der Waals surface area contributed by atoms with Crippen molar-refractivity contribution in [3.8, 4) is 0 Å². The molecule has 0 saturated carbocycles. The van der Waals surface area contributed by atoms with Gasteiger partial charge in [-0.05, 0) is 37.3 Å². The Morgan fingerprint density at radius 3 is 2.04 bits per heavy atom. The second-order valence-corrected chi connectivity index (χ2v) is 7.13. The summed E-state index contributed by atoms with van der Waals surface area (Å²) >= 11 is 11.5. The van der Waals surface area contributed by atoms with Gasteiger partial charge in [-0.15, -0.1) is 0 Å². The Balaban J connectivity index is 0.000000273. The van der Waals surface area contributed by atoms with Crippen LogP contribution in [-0.4, -0.2) is 24.9 Å². The Morgan fingerprint density at radius 1 is 1.00 bits per heavy atom. The minimum atomic E-state index is -4.02. The van der Waals surface area contributed by atoms with Crippen molar-refractivity contribution >= 4 is 50.9 Å². The van der Waals surface area contributed by atoms with E-state index in [1.165, 1.54) is 12.1 Å². The van der Waals surface area contributed by atoms with Gasteiger partial charge in [0, 0.05) is 0 Å². The molecule has 0 bridgehead atoms. The average molecular weight is 418 g/mol. The highest BCUT2D eigenvalue weighted by Gasteiger charge is 2.06. The SMILES string of the molecule is Cc1ccc(S(=O)(=O)O)cc1.NC(N)=NC(N)=Nc1ccc(Cl)c(Cl)c1. The van der Waals surface area contributed by atoms with Crippen molar-refractivity contribution < 1.29 is 13.0 Å². The molecule has 140 valence electrons. The molecule has 0 fully saturated rings. The van der Waals surface area contributed by atoms with Gasteiger partial charge in [0.2, 0.25) is 5.96 Å². The fourth-order valence-electron chi connectivity index (χ4n) is 1.55. The number of nitrogens with zero attached hydrogens (tertiary/aromatic N) is 2. The van der Waals surface area contributed by atoms with Crippen LogP contribution in [0.4, 0.5) is 5.69 Å². The molecule has 0 atom stereocenters. The summed E-state index contributed by atoms with van der Waals surface area (Å²) in [5.41, 5.74) is 17.1. The van der Waals surface area contributed by atoms with E-state index in [0.29, 0.717) is 15.7 Å². The molecule has 0 aliphatic heterocycles. The molecule has 0 spiro atoms.